The molecule has 1 heterocycles. The standard InChI is InChI=1S/C16H19ClN4O2/c1-16(2,3)13-12(14(22)23)19-15(20-13)18-9-6-7-11(21(4)5)10(17)8-9/h6-8H,1-5H3,(H,22,23). The highest BCUT2D eigenvalue weighted by atomic mass is 35.5. The first-order chi connectivity index (χ1) is 10.6. The molecule has 7 heteroatoms. The van der Waals surface area contributed by atoms with Gasteiger partial charge in [-0.25, -0.2) is 19.8 Å². The van der Waals surface area contributed by atoms with E-state index in [1.54, 1.807) is 12.1 Å². The molecule has 1 aliphatic rings. The molecule has 122 valence electrons. The van der Waals surface area contributed by atoms with Crippen LogP contribution in [0.3, 0.4) is 0 Å². The van der Waals surface area contributed by atoms with Crippen LogP contribution >= 0.6 is 11.6 Å². The number of carbonyl (C=O) groups is 1. The van der Waals surface area contributed by atoms with Gasteiger partial charge in [0, 0.05) is 19.5 Å². The first-order valence-electron chi connectivity index (χ1n) is 7.06. The topological polar surface area (TPSA) is 77.6 Å². The van der Waals surface area contributed by atoms with Crippen molar-refractivity contribution in [3.05, 3.63) is 23.2 Å². The molecule has 1 aromatic rings. The molecule has 23 heavy (non-hydrogen) atoms. The van der Waals surface area contributed by atoms with Crippen molar-refractivity contribution in [2.45, 2.75) is 20.8 Å². The predicted octanol–water partition coefficient (Wildman–Crippen LogP) is 3.42. The molecule has 0 spiro atoms. The normalized spacial score (nSPS) is 16.3. The Bertz CT molecular complexity index is 743. The molecule has 0 fully saturated rings. The lowest BCUT2D eigenvalue weighted by Gasteiger charge is -2.17. The second-order valence-electron chi connectivity index (χ2n) is 6.42. The first kappa shape index (κ1) is 17.1. The molecule has 1 N–H and O–H groups in total. The quantitative estimate of drug-likeness (QED) is 0.920. The number of aliphatic carboxylic acids is 1. The van der Waals surface area contributed by atoms with Gasteiger partial charge in [0.2, 0.25) is 0 Å². The van der Waals surface area contributed by atoms with Crippen LogP contribution in [0.1, 0.15) is 20.8 Å². The third-order valence-electron chi connectivity index (χ3n) is 3.20. The summed E-state index contributed by atoms with van der Waals surface area (Å²) in [5.74, 6) is -0.981. The van der Waals surface area contributed by atoms with Crippen LogP contribution in [0.25, 0.3) is 0 Å². The molecular weight excluding hydrogens is 316 g/mol. The highest BCUT2D eigenvalue weighted by Gasteiger charge is 2.33. The molecule has 0 amide bonds. The second-order valence-corrected chi connectivity index (χ2v) is 6.83. The highest BCUT2D eigenvalue weighted by Crippen LogP contribution is 2.29. The largest absolute Gasteiger partial charge is 0.476 e. The molecule has 1 aromatic carbocycles. The van der Waals surface area contributed by atoms with Crippen LogP contribution in [-0.2, 0) is 4.79 Å². The lowest BCUT2D eigenvalue weighted by atomic mass is 9.87. The Kier molecular flexibility index (Phi) is 4.56. The Hall–Kier alpha value is -2.21. The van der Waals surface area contributed by atoms with Crippen LogP contribution in [-0.4, -0.2) is 42.6 Å². The van der Waals surface area contributed by atoms with Crippen molar-refractivity contribution < 1.29 is 9.90 Å². The van der Waals surface area contributed by atoms with E-state index in [9.17, 15) is 9.90 Å². The molecule has 0 bridgehead atoms. The summed E-state index contributed by atoms with van der Waals surface area (Å²) >= 11 is 6.21. The Labute approximate surface area is 140 Å². The van der Waals surface area contributed by atoms with Crippen molar-refractivity contribution >= 4 is 46.3 Å². The number of carboxylic acids is 1. The summed E-state index contributed by atoms with van der Waals surface area (Å²) in [5, 5.41) is 9.83. The number of aliphatic imine (C=N–C) groups is 3. The molecule has 6 nitrogen and oxygen atoms in total. The number of rotatable bonds is 3. The molecular formula is C16H19ClN4O2. The Morgan fingerprint density at radius 1 is 1.26 bits per heavy atom. The number of halogens is 1. The van der Waals surface area contributed by atoms with Crippen molar-refractivity contribution in [2.24, 2.45) is 20.4 Å². The Morgan fingerprint density at radius 2 is 1.91 bits per heavy atom. The predicted molar refractivity (Wildman–Crippen MR) is 94.8 cm³/mol. The Morgan fingerprint density at radius 3 is 2.35 bits per heavy atom. The van der Waals surface area contributed by atoms with Crippen molar-refractivity contribution in [2.75, 3.05) is 19.0 Å². The molecule has 0 radical (unpaired) electrons. The van der Waals surface area contributed by atoms with E-state index < -0.39 is 11.4 Å². The number of nitrogens with zero attached hydrogens (tertiary/aromatic N) is 4. The van der Waals surface area contributed by atoms with E-state index in [1.807, 2.05) is 45.8 Å². The van der Waals surface area contributed by atoms with E-state index in [2.05, 4.69) is 15.0 Å². The van der Waals surface area contributed by atoms with Crippen LogP contribution in [0.15, 0.2) is 33.2 Å². The number of anilines is 1. The van der Waals surface area contributed by atoms with E-state index in [0.29, 0.717) is 16.4 Å². The van der Waals surface area contributed by atoms with Gasteiger partial charge >= 0.3 is 5.97 Å². The number of benzene rings is 1. The minimum atomic E-state index is -1.11. The average Bonchev–Trinajstić information content (AvgIpc) is 2.82. The molecule has 0 atom stereocenters. The maximum atomic E-state index is 11.3. The van der Waals surface area contributed by atoms with Crippen molar-refractivity contribution in [3.63, 3.8) is 0 Å². The van der Waals surface area contributed by atoms with Gasteiger partial charge < -0.3 is 10.0 Å². The van der Waals surface area contributed by atoms with Gasteiger partial charge in [-0.2, -0.15) is 0 Å². The molecule has 0 aliphatic carbocycles. The van der Waals surface area contributed by atoms with Gasteiger partial charge in [0.05, 0.1) is 22.1 Å². The zero-order valence-corrected chi connectivity index (χ0v) is 14.5. The summed E-state index contributed by atoms with van der Waals surface area (Å²) in [4.78, 5) is 25.8. The lowest BCUT2D eigenvalue weighted by Crippen LogP contribution is -2.32. The van der Waals surface area contributed by atoms with E-state index in [4.69, 9.17) is 11.6 Å². The van der Waals surface area contributed by atoms with Gasteiger partial charge in [-0.1, -0.05) is 32.4 Å². The second kappa shape index (κ2) is 6.12. The van der Waals surface area contributed by atoms with Crippen molar-refractivity contribution in [3.8, 4) is 0 Å². The molecule has 0 saturated carbocycles. The van der Waals surface area contributed by atoms with Gasteiger partial charge in [0.15, 0.2) is 5.71 Å². The molecule has 0 aromatic heterocycles. The number of hydrogen-bond donors (Lipinski definition) is 1. The average molecular weight is 335 g/mol. The third-order valence-corrected chi connectivity index (χ3v) is 3.51. The Balaban J connectivity index is 2.43. The third kappa shape index (κ3) is 3.76. The zero-order chi connectivity index (χ0) is 17.4. The maximum absolute atomic E-state index is 11.3. The van der Waals surface area contributed by atoms with Gasteiger partial charge in [-0.05, 0) is 18.2 Å². The van der Waals surface area contributed by atoms with Crippen LogP contribution in [0.4, 0.5) is 11.4 Å². The van der Waals surface area contributed by atoms with Crippen molar-refractivity contribution in [1.82, 2.24) is 0 Å². The first-order valence-corrected chi connectivity index (χ1v) is 7.44. The summed E-state index contributed by atoms with van der Waals surface area (Å²) in [6.45, 7) is 5.65. The summed E-state index contributed by atoms with van der Waals surface area (Å²) in [5.41, 5.74) is 1.37. The van der Waals surface area contributed by atoms with Crippen LogP contribution in [0, 0.1) is 5.41 Å². The summed E-state index contributed by atoms with van der Waals surface area (Å²) < 4.78 is 0. The van der Waals surface area contributed by atoms with Crippen LogP contribution in [0.2, 0.25) is 5.02 Å². The zero-order valence-electron chi connectivity index (χ0n) is 13.8. The fourth-order valence-corrected chi connectivity index (χ4v) is 2.44. The van der Waals surface area contributed by atoms with Crippen LogP contribution < -0.4 is 4.90 Å². The monoisotopic (exact) mass is 334 g/mol. The summed E-state index contributed by atoms with van der Waals surface area (Å²) in [7, 11) is 3.79. The highest BCUT2D eigenvalue weighted by molar-refractivity contribution is 6.69. The molecule has 0 unspecified atom stereocenters. The van der Waals surface area contributed by atoms with Gasteiger partial charge in [-0.3, -0.25) is 0 Å². The minimum Gasteiger partial charge on any atom is -0.476 e. The van der Waals surface area contributed by atoms with E-state index in [-0.39, 0.29) is 11.7 Å². The molecule has 0 saturated heterocycles. The van der Waals surface area contributed by atoms with E-state index in [1.165, 1.54) is 0 Å². The summed E-state index contributed by atoms with van der Waals surface area (Å²) in [6.07, 6.45) is 0. The summed E-state index contributed by atoms with van der Waals surface area (Å²) in [6, 6.07) is 5.33. The number of hydrogen-bond acceptors (Lipinski definition) is 3. The lowest BCUT2D eigenvalue weighted by molar-refractivity contribution is -0.129. The molecule has 2 rings (SSSR count). The fraction of sp³-hybridized carbons (Fsp3) is 0.375. The fourth-order valence-electron chi connectivity index (χ4n) is 2.10. The number of guanidine groups is 1. The van der Waals surface area contributed by atoms with E-state index in [0.717, 1.165) is 5.69 Å². The van der Waals surface area contributed by atoms with Gasteiger partial charge in [0.1, 0.15) is 0 Å². The smallest absolute Gasteiger partial charge is 0.356 e. The number of carboxylic acid groups (broad SMARTS) is 1. The van der Waals surface area contributed by atoms with Gasteiger partial charge in [-0.15, -0.1) is 0 Å². The minimum absolute atomic E-state index is 0.0627. The SMILES string of the molecule is CN(C)c1ccc(N=C2N=C(C(=O)O)C(C(C)(C)C)=N2)cc1Cl. The van der Waals surface area contributed by atoms with Gasteiger partial charge in [0.25, 0.3) is 5.96 Å². The maximum Gasteiger partial charge on any atom is 0.356 e. The van der Waals surface area contributed by atoms with Crippen molar-refractivity contribution in [1.29, 1.82) is 0 Å². The molecule has 1 aliphatic heterocycles. The van der Waals surface area contributed by atoms with Crippen LogP contribution in [0.5, 0.6) is 0 Å². The van der Waals surface area contributed by atoms with E-state index >= 15 is 0 Å².